The standard InChI is InChI=1S/C28H26ClF2N5O3/c29-19-5-4-6-21(15-19)32-25(37)17-35-18-36(22-7-2-1-3-8-22)28(26(35)38)11-13-34(14-12-28)27(39)33-24-10-9-20(30)16-23(24)31/h1-10,15-16H,11-14,17-18H2,(H,32,37)(H,33,39). The third-order valence-electron chi connectivity index (χ3n) is 7.08. The van der Waals surface area contributed by atoms with Crippen molar-refractivity contribution in [3.8, 4) is 0 Å². The zero-order chi connectivity index (χ0) is 27.6. The van der Waals surface area contributed by atoms with Crippen LogP contribution >= 0.6 is 11.6 Å². The number of carbonyl (C=O) groups excluding carboxylic acids is 3. The Hall–Kier alpha value is -4.18. The monoisotopic (exact) mass is 553 g/mol. The average Bonchev–Trinajstić information content (AvgIpc) is 3.17. The number of carbonyl (C=O) groups is 3. The summed E-state index contributed by atoms with van der Waals surface area (Å²) in [6.07, 6.45) is 0.624. The average molecular weight is 554 g/mol. The van der Waals surface area contributed by atoms with Gasteiger partial charge in [-0.3, -0.25) is 9.59 Å². The first kappa shape index (κ1) is 26.4. The smallest absolute Gasteiger partial charge is 0.321 e. The summed E-state index contributed by atoms with van der Waals surface area (Å²) < 4.78 is 27.3. The molecule has 2 fully saturated rings. The van der Waals surface area contributed by atoms with Crippen molar-refractivity contribution in [3.63, 3.8) is 0 Å². The molecule has 0 bridgehead atoms. The van der Waals surface area contributed by atoms with Crippen LogP contribution in [0.3, 0.4) is 0 Å². The van der Waals surface area contributed by atoms with Crippen LogP contribution in [-0.2, 0) is 9.59 Å². The molecule has 0 radical (unpaired) electrons. The molecule has 4 amide bonds. The van der Waals surface area contributed by atoms with Crippen molar-refractivity contribution in [2.24, 2.45) is 0 Å². The highest BCUT2D eigenvalue weighted by Gasteiger charge is 2.54. The molecular formula is C28H26ClF2N5O3. The predicted octanol–water partition coefficient (Wildman–Crippen LogP) is 4.93. The van der Waals surface area contributed by atoms with E-state index in [9.17, 15) is 23.2 Å². The Morgan fingerprint density at radius 3 is 2.36 bits per heavy atom. The molecule has 11 heteroatoms. The van der Waals surface area contributed by atoms with Gasteiger partial charge in [-0.2, -0.15) is 0 Å². The molecule has 2 aliphatic rings. The van der Waals surface area contributed by atoms with Crippen molar-refractivity contribution in [1.29, 1.82) is 0 Å². The van der Waals surface area contributed by atoms with Gasteiger partial charge in [0.05, 0.1) is 12.4 Å². The van der Waals surface area contributed by atoms with Gasteiger partial charge in [0, 0.05) is 35.6 Å². The summed E-state index contributed by atoms with van der Waals surface area (Å²) in [6.45, 7) is 0.516. The molecule has 0 unspecified atom stereocenters. The summed E-state index contributed by atoms with van der Waals surface area (Å²) in [5.41, 5.74) is 0.289. The normalized spacial score (nSPS) is 16.5. The van der Waals surface area contributed by atoms with E-state index in [1.54, 1.807) is 24.3 Å². The van der Waals surface area contributed by atoms with Gasteiger partial charge in [-0.1, -0.05) is 35.9 Å². The summed E-state index contributed by atoms with van der Waals surface area (Å²) in [4.78, 5) is 44.5. The molecule has 0 saturated carbocycles. The van der Waals surface area contributed by atoms with Crippen molar-refractivity contribution in [2.75, 3.05) is 41.8 Å². The Balaban J connectivity index is 1.30. The summed E-state index contributed by atoms with van der Waals surface area (Å²) >= 11 is 6.01. The number of anilines is 3. The van der Waals surface area contributed by atoms with E-state index < -0.39 is 23.2 Å². The number of rotatable bonds is 5. The first-order valence-corrected chi connectivity index (χ1v) is 12.8. The molecule has 2 heterocycles. The molecule has 2 N–H and O–H groups in total. The van der Waals surface area contributed by atoms with Crippen LogP contribution in [0.5, 0.6) is 0 Å². The lowest BCUT2D eigenvalue weighted by Crippen LogP contribution is -2.58. The number of hydrogen-bond donors (Lipinski definition) is 2. The van der Waals surface area contributed by atoms with Crippen LogP contribution in [0.15, 0.2) is 72.8 Å². The number of nitrogens with zero attached hydrogens (tertiary/aromatic N) is 3. The number of piperidine rings is 1. The molecule has 0 aromatic heterocycles. The van der Waals surface area contributed by atoms with Crippen LogP contribution < -0.4 is 15.5 Å². The number of amides is 4. The van der Waals surface area contributed by atoms with Crippen LogP contribution in [0.1, 0.15) is 12.8 Å². The second kappa shape index (κ2) is 10.9. The van der Waals surface area contributed by atoms with Crippen molar-refractivity contribution >= 4 is 46.5 Å². The van der Waals surface area contributed by atoms with Gasteiger partial charge < -0.3 is 25.3 Å². The summed E-state index contributed by atoms with van der Waals surface area (Å²) in [5.74, 6) is -2.16. The fourth-order valence-electron chi connectivity index (χ4n) is 5.13. The molecule has 1 spiro atoms. The Kier molecular flexibility index (Phi) is 7.38. The zero-order valence-electron chi connectivity index (χ0n) is 20.9. The fourth-order valence-corrected chi connectivity index (χ4v) is 5.32. The number of benzene rings is 3. The van der Waals surface area contributed by atoms with E-state index in [4.69, 9.17) is 11.6 Å². The van der Waals surface area contributed by atoms with Crippen LogP contribution in [0, 0.1) is 11.6 Å². The maximum absolute atomic E-state index is 14.0. The quantitative estimate of drug-likeness (QED) is 0.469. The Labute approximate surface area is 229 Å². The molecule has 3 aromatic rings. The largest absolute Gasteiger partial charge is 0.339 e. The molecule has 39 heavy (non-hydrogen) atoms. The van der Waals surface area contributed by atoms with E-state index in [2.05, 4.69) is 10.6 Å². The topological polar surface area (TPSA) is 85.0 Å². The van der Waals surface area contributed by atoms with Crippen molar-refractivity contribution in [3.05, 3.63) is 89.5 Å². The molecule has 8 nitrogen and oxygen atoms in total. The number of likely N-dealkylation sites (tertiary alicyclic amines) is 1. The van der Waals surface area contributed by atoms with Crippen molar-refractivity contribution in [1.82, 2.24) is 9.80 Å². The number of halogens is 3. The lowest BCUT2D eigenvalue weighted by Gasteiger charge is -2.43. The van der Waals surface area contributed by atoms with Gasteiger partial charge in [0.15, 0.2) is 0 Å². The number of para-hydroxylation sites is 1. The molecule has 2 aliphatic heterocycles. The van der Waals surface area contributed by atoms with Gasteiger partial charge in [-0.25, -0.2) is 13.6 Å². The molecule has 3 aromatic carbocycles. The molecule has 0 atom stereocenters. The first-order chi connectivity index (χ1) is 18.7. The lowest BCUT2D eigenvalue weighted by molar-refractivity contribution is -0.136. The second-order valence-electron chi connectivity index (χ2n) is 9.54. The van der Waals surface area contributed by atoms with E-state index in [1.165, 1.54) is 9.80 Å². The van der Waals surface area contributed by atoms with E-state index in [-0.39, 0.29) is 43.8 Å². The van der Waals surface area contributed by atoms with Gasteiger partial charge in [-0.05, 0) is 55.3 Å². The van der Waals surface area contributed by atoms with Gasteiger partial charge in [-0.15, -0.1) is 0 Å². The van der Waals surface area contributed by atoms with Crippen LogP contribution in [0.4, 0.5) is 30.6 Å². The third-order valence-corrected chi connectivity index (χ3v) is 7.31. The molecule has 202 valence electrons. The molecule has 0 aliphatic carbocycles. The van der Waals surface area contributed by atoms with E-state index in [0.717, 1.165) is 17.8 Å². The minimum absolute atomic E-state index is 0.124. The fraction of sp³-hybridized carbons (Fsp3) is 0.250. The zero-order valence-corrected chi connectivity index (χ0v) is 21.6. The van der Waals surface area contributed by atoms with E-state index in [0.29, 0.717) is 29.6 Å². The first-order valence-electron chi connectivity index (χ1n) is 12.4. The summed E-state index contributed by atoms with van der Waals surface area (Å²) in [7, 11) is 0. The number of urea groups is 1. The van der Waals surface area contributed by atoms with Gasteiger partial charge in [0.25, 0.3) is 5.91 Å². The van der Waals surface area contributed by atoms with Crippen molar-refractivity contribution in [2.45, 2.75) is 18.4 Å². The van der Waals surface area contributed by atoms with Crippen LogP contribution in [0.2, 0.25) is 5.02 Å². The third kappa shape index (κ3) is 5.51. The van der Waals surface area contributed by atoms with Gasteiger partial charge >= 0.3 is 6.03 Å². The minimum atomic E-state index is -0.949. The van der Waals surface area contributed by atoms with Crippen molar-refractivity contribution < 1.29 is 23.2 Å². The number of nitrogens with one attached hydrogen (secondary N) is 2. The van der Waals surface area contributed by atoms with Crippen LogP contribution in [0.25, 0.3) is 0 Å². The SMILES string of the molecule is O=C(CN1CN(c2ccccc2)C2(CCN(C(=O)Nc3ccc(F)cc3F)CC2)C1=O)Nc1cccc(Cl)c1. The highest BCUT2D eigenvalue weighted by Crippen LogP contribution is 2.39. The number of hydrogen-bond acceptors (Lipinski definition) is 4. The lowest BCUT2D eigenvalue weighted by atomic mass is 9.85. The minimum Gasteiger partial charge on any atom is -0.339 e. The van der Waals surface area contributed by atoms with E-state index in [1.807, 2.05) is 35.2 Å². The predicted molar refractivity (Wildman–Crippen MR) is 144 cm³/mol. The summed E-state index contributed by atoms with van der Waals surface area (Å²) in [6, 6.07) is 18.6. The summed E-state index contributed by atoms with van der Waals surface area (Å²) in [5, 5.41) is 5.74. The van der Waals surface area contributed by atoms with Gasteiger partial charge in [0.1, 0.15) is 23.7 Å². The Morgan fingerprint density at radius 1 is 0.923 bits per heavy atom. The highest BCUT2D eigenvalue weighted by atomic mass is 35.5. The van der Waals surface area contributed by atoms with Crippen LogP contribution in [-0.4, -0.2) is 59.5 Å². The maximum atomic E-state index is 14.0. The Bertz CT molecular complexity index is 1400. The van der Waals surface area contributed by atoms with E-state index >= 15 is 0 Å². The maximum Gasteiger partial charge on any atom is 0.321 e. The molecule has 5 rings (SSSR count). The highest BCUT2D eigenvalue weighted by molar-refractivity contribution is 6.30. The molecular weight excluding hydrogens is 528 g/mol. The Morgan fingerprint density at radius 2 is 1.67 bits per heavy atom. The van der Waals surface area contributed by atoms with Gasteiger partial charge in [0.2, 0.25) is 5.91 Å². The molecule has 2 saturated heterocycles. The second-order valence-corrected chi connectivity index (χ2v) is 9.98.